The number of benzene rings is 1. The molecular formula is C12H18N+. The van der Waals surface area contributed by atoms with Gasteiger partial charge in [0.15, 0.2) is 0 Å². The molecule has 0 aromatic heterocycles. The predicted octanol–water partition coefficient (Wildman–Crippen LogP) is 2.45. The molecule has 0 N–H and O–H groups in total. The zero-order valence-corrected chi connectivity index (χ0v) is 8.70. The van der Waals surface area contributed by atoms with E-state index >= 15 is 0 Å². The smallest absolute Gasteiger partial charge is 0.0915 e. The highest BCUT2D eigenvalue weighted by molar-refractivity contribution is 5.16. The third kappa shape index (κ3) is 4.48. The molecule has 1 aromatic carbocycles. The van der Waals surface area contributed by atoms with E-state index in [9.17, 15) is 0 Å². The highest BCUT2D eigenvalue weighted by Crippen LogP contribution is 2.01. The monoisotopic (exact) mass is 176 g/mol. The maximum Gasteiger partial charge on any atom is 0.0915 e. The van der Waals surface area contributed by atoms with Crippen LogP contribution < -0.4 is 0 Å². The zero-order valence-electron chi connectivity index (χ0n) is 8.70. The molecule has 1 nitrogen and oxygen atoms in total. The molecule has 1 aromatic rings. The molecule has 0 aliphatic heterocycles. The molecule has 0 spiro atoms. The normalized spacial score (nSPS) is 12.2. The van der Waals surface area contributed by atoms with Gasteiger partial charge >= 0.3 is 0 Å². The van der Waals surface area contributed by atoms with Gasteiger partial charge in [-0.3, -0.25) is 0 Å². The molecule has 0 amide bonds. The van der Waals surface area contributed by atoms with Gasteiger partial charge < -0.3 is 4.48 Å². The van der Waals surface area contributed by atoms with Crippen molar-refractivity contribution in [2.24, 2.45) is 0 Å². The molecule has 0 unspecified atom stereocenters. The Hall–Kier alpha value is -1.08. The molecule has 0 heterocycles. The summed E-state index contributed by atoms with van der Waals surface area (Å²) < 4.78 is 0.882. The molecule has 0 fully saturated rings. The topological polar surface area (TPSA) is 0 Å². The van der Waals surface area contributed by atoms with Gasteiger partial charge in [-0.1, -0.05) is 30.3 Å². The number of hydrogen-bond acceptors (Lipinski definition) is 0. The Bertz CT molecular complexity index is 267. The molecule has 0 bridgehead atoms. The van der Waals surface area contributed by atoms with Gasteiger partial charge in [0.25, 0.3) is 0 Å². The lowest BCUT2D eigenvalue weighted by Gasteiger charge is -2.17. The Kier molecular flexibility index (Phi) is 3.26. The van der Waals surface area contributed by atoms with Gasteiger partial charge in [0.1, 0.15) is 0 Å². The van der Waals surface area contributed by atoms with Crippen LogP contribution in [0, 0.1) is 0 Å². The van der Waals surface area contributed by atoms with Crippen LogP contribution in [0.15, 0.2) is 42.6 Å². The lowest BCUT2D eigenvalue weighted by atomic mass is 10.1. The van der Waals surface area contributed by atoms with Crippen LogP contribution in [0.4, 0.5) is 0 Å². The molecule has 70 valence electrons. The van der Waals surface area contributed by atoms with Crippen LogP contribution >= 0.6 is 0 Å². The van der Waals surface area contributed by atoms with Gasteiger partial charge in [0.2, 0.25) is 0 Å². The lowest BCUT2D eigenvalue weighted by molar-refractivity contribution is -0.817. The SMILES string of the molecule is C[N+](C)(C)C=CCc1ccccc1. The van der Waals surface area contributed by atoms with Crippen molar-refractivity contribution in [1.29, 1.82) is 0 Å². The van der Waals surface area contributed by atoms with Crippen LogP contribution in [-0.4, -0.2) is 25.6 Å². The first-order valence-electron chi connectivity index (χ1n) is 4.61. The fourth-order valence-corrected chi connectivity index (χ4v) is 1.12. The fourth-order valence-electron chi connectivity index (χ4n) is 1.12. The summed E-state index contributed by atoms with van der Waals surface area (Å²) in [4.78, 5) is 0. The summed E-state index contributed by atoms with van der Waals surface area (Å²) in [7, 11) is 6.46. The van der Waals surface area contributed by atoms with Crippen molar-refractivity contribution >= 4 is 0 Å². The van der Waals surface area contributed by atoms with Crippen molar-refractivity contribution in [3.63, 3.8) is 0 Å². The molecule has 0 atom stereocenters. The van der Waals surface area contributed by atoms with Crippen LogP contribution in [0.2, 0.25) is 0 Å². The summed E-state index contributed by atoms with van der Waals surface area (Å²) in [6.45, 7) is 0. The van der Waals surface area contributed by atoms with Crippen molar-refractivity contribution in [2.75, 3.05) is 21.1 Å². The average molecular weight is 176 g/mol. The summed E-state index contributed by atoms with van der Waals surface area (Å²) >= 11 is 0. The third-order valence-electron chi connectivity index (χ3n) is 1.75. The Balaban J connectivity index is 2.49. The predicted molar refractivity (Wildman–Crippen MR) is 57.3 cm³/mol. The van der Waals surface area contributed by atoms with Crippen LogP contribution in [0.5, 0.6) is 0 Å². The molecule has 0 radical (unpaired) electrons. The van der Waals surface area contributed by atoms with Crippen molar-refractivity contribution in [3.8, 4) is 0 Å². The minimum absolute atomic E-state index is 0.882. The summed E-state index contributed by atoms with van der Waals surface area (Å²) in [5.74, 6) is 0. The van der Waals surface area contributed by atoms with Gasteiger partial charge in [0.05, 0.1) is 27.3 Å². The minimum Gasteiger partial charge on any atom is -0.305 e. The second kappa shape index (κ2) is 4.24. The third-order valence-corrected chi connectivity index (χ3v) is 1.75. The molecule has 0 saturated carbocycles. The standard InChI is InChI=1S/C12H18N/c1-13(2,3)11-7-10-12-8-5-4-6-9-12/h4-9,11H,10H2,1-3H3/q+1. The van der Waals surface area contributed by atoms with Crippen LogP contribution in [0.3, 0.4) is 0 Å². The molecule has 0 saturated heterocycles. The van der Waals surface area contributed by atoms with Crippen molar-refractivity contribution in [3.05, 3.63) is 48.2 Å². The Morgan fingerprint density at radius 3 is 2.23 bits per heavy atom. The number of nitrogens with zero attached hydrogens (tertiary/aromatic N) is 1. The van der Waals surface area contributed by atoms with Gasteiger partial charge in [-0.25, -0.2) is 0 Å². The Morgan fingerprint density at radius 1 is 1.08 bits per heavy atom. The first-order valence-corrected chi connectivity index (χ1v) is 4.61. The van der Waals surface area contributed by atoms with Gasteiger partial charge in [0, 0.05) is 0 Å². The van der Waals surface area contributed by atoms with E-state index in [0.29, 0.717) is 0 Å². The lowest BCUT2D eigenvalue weighted by Crippen LogP contribution is -2.26. The maximum absolute atomic E-state index is 2.22. The summed E-state index contributed by atoms with van der Waals surface area (Å²) in [6.07, 6.45) is 5.44. The van der Waals surface area contributed by atoms with Crippen molar-refractivity contribution in [2.45, 2.75) is 6.42 Å². The molecule has 0 aliphatic carbocycles. The number of rotatable bonds is 3. The quantitative estimate of drug-likeness (QED) is 0.621. The number of allylic oxidation sites excluding steroid dienone is 1. The number of quaternary nitrogens is 1. The van der Waals surface area contributed by atoms with Crippen LogP contribution in [0.1, 0.15) is 5.56 Å². The van der Waals surface area contributed by atoms with Gasteiger partial charge in [-0.15, -0.1) is 0 Å². The van der Waals surface area contributed by atoms with E-state index in [1.807, 2.05) is 6.07 Å². The minimum atomic E-state index is 0.882. The van der Waals surface area contributed by atoms with E-state index in [4.69, 9.17) is 0 Å². The highest BCUT2D eigenvalue weighted by atomic mass is 15.3. The summed E-state index contributed by atoms with van der Waals surface area (Å²) in [5.41, 5.74) is 1.37. The second-order valence-corrected chi connectivity index (χ2v) is 4.19. The first-order chi connectivity index (χ1) is 6.08. The van der Waals surface area contributed by atoms with E-state index in [0.717, 1.165) is 10.9 Å². The van der Waals surface area contributed by atoms with E-state index in [1.54, 1.807) is 0 Å². The maximum atomic E-state index is 2.22. The zero-order chi connectivity index (χ0) is 9.73. The molecule has 0 aliphatic rings. The second-order valence-electron chi connectivity index (χ2n) is 4.19. The van der Waals surface area contributed by atoms with E-state index in [-0.39, 0.29) is 0 Å². The molecule has 1 heteroatoms. The first kappa shape index (κ1) is 10.0. The van der Waals surface area contributed by atoms with E-state index < -0.39 is 0 Å². The van der Waals surface area contributed by atoms with Gasteiger partial charge in [-0.05, 0) is 18.1 Å². The molecule has 13 heavy (non-hydrogen) atoms. The Labute approximate surface area is 80.9 Å². The largest absolute Gasteiger partial charge is 0.305 e. The fraction of sp³-hybridized carbons (Fsp3) is 0.333. The number of hydrogen-bond donors (Lipinski definition) is 0. The van der Waals surface area contributed by atoms with Crippen LogP contribution in [0.25, 0.3) is 0 Å². The Morgan fingerprint density at radius 2 is 1.69 bits per heavy atom. The molecular weight excluding hydrogens is 158 g/mol. The van der Waals surface area contributed by atoms with Crippen molar-refractivity contribution in [1.82, 2.24) is 0 Å². The van der Waals surface area contributed by atoms with Crippen molar-refractivity contribution < 1.29 is 4.48 Å². The van der Waals surface area contributed by atoms with E-state index in [2.05, 4.69) is 57.7 Å². The summed E-state index contributed by atoms with van der Waals surface area (Å²) in [6, 6.07) is 10.5. The van der Waals surface area contributed by atoms with E-state index in [1.165, 1.54) is 5.56 Å². The average Bonchev–Trinajstić information content (AvgIpc) is 2.04. The van der Waals surface area contributed by atoms with Crippen LogP contribution in [-0.2, 0) is 6.42 Å². The summed E-state index contributed by atoms with van der Waals surface area (Å²) in [5, 5.41) is 0. The van der Waals surface area contributed by atoms with Gasteiger partial charge in [-0.2, -0.15) is 0 Å². The highest BCUT2D eigenvalue weighted by Gasteiger charge is 1.98. The molecule has 1 rings (SSSR count).